The second-order valence-corrected chi connectivity index (χ2v) is 9.73. The van der Waals surface area contributed by atoms with Crippen LogP contribution in [0.25, 0.3) is 0 Å². The van der Waals surface area contributed by atoms with Gasteiger partial charge in [-0.1, -0.05) is 13.8 Å². The Balaban J connectivity index is 1.81. The minimum Gasteiger partial charge on any atom is -0.378 e. The van der Waals surface area contributed by atoms with E-state index in [0.717, 1.165) is 11.4 Å². The van der Waals surface area contributed by atoms with Gasteiger partial charge in [0.25, 0.3) is 5.91 Å². The Morgan fingerprint density at radius 1 is 1.26 bits per heavy atom. The molecule has 1 saturated heterocycles. The Hall–Kier alpha value is -2.35. The number of rotatable bonds is 5. The Morgan fingerprint density at radius 3 is 2.44 bits per heavy atom. The van der Waals surface area contributed by atoms with Crippen LogP contribution in [0.3, 0.4) is 0 Å². The molecule has 8 heteroatoms. The van der Waals surface area contributed by atoms with Gasteiger partial charge in [0.1, 0.15) is 0 Å². The Kier molecular flexibility index (Phi) is 5.28. The normalized spacial score (nSPS) is 18.6. The SMILES string of the molecule is CC(C)c1cc(C(=O)Nc2ccc(N(C)C)cc2)nn1C1CCS(=O)(=O)C1. The van der Waals surface area contributed by atoms with Crippen LogP contribution < -0.4 is 10.2 Å². The molecule has 1 amide bonds. The Labute approximate surface area is 160 Å². The van der Waals surface area contributed by atoms with E-state index in [1.54, 1.807) is 10.7 Å². The third-order valence-corrected chi connectivity index (χ3v) is 6.53. The second kappa shape index (κ2) is 7.34. The summed E-state index contributed by atoms with van der Waals surface area (Å²) in [6.45, 7) is 4.03. The first kappa shape index (κ1) is 19.4. The number of nitrogens with one attached hydrogen (secondary N) is 1. The van der Waals surface area contributed by atoms with Gasteiger partial charge in [0.15, 0.2) is 15.5 Å². The van der Waals surface area contributed by atoms with Crippen molar-refractivity contribution in [3.63, 3.8) is 0 Å². The lowest BCUT2D eigenvalue weighted by molar-refractivity contribution is 0.102. The molecule has 27 heavy (non-hydrogen) atoms. The van der Waals surface area contributed by atoms with Crippen LogP contribution in [-0.2, 0) is 9.84 Å². The van der Waals surface area contributed by atoms with E-state index < -0.39 is 9.84 Å². The molecule has 0 radical (unpaired) electrons. The number of anilines is 2. The van der Waals surface area contributed by atoms with E-state index in [9.17, 15) is 13.2 Å². The zero-order valence-corrected chi connectivity index (χ0v) is 17.0. The van der Waals surface area contributed by atoms with Crippen LogP contribution in [-0.4, -0.2) is 49.7 Å². The van der Waals surface area contributed by atoms with Crippen LogP contribution in [0.2, 0.25) is 0 Å². The van der Waals surface area contributed by atoms with Gasteiger partial charge >= 0.3 is 0 Å². The molecule has 1 aromatic carbocycles. The number of amides is 1. The monoisotopic (exact) mass is 390 g/mol. The lowest BCUT2D eigenvalue weighted by atomic mass is 10.1. The van der Waals surface area contributed by atoms with Gasteiger partial charge in [-0.2, -0.15) is 5.10 Å². The van der Waals surface area contributed by atoms with Crippen molar-refractivity contribution in [3.8, 4) is 0 Å². The highest BCUT2D eigenvalue weighted by molar-refractivity contribution is 7.91. The van der Waals surface area contributed by atoms with Crippen molar-refractivity contribution in [1.29, 1.82) is 0 Å². The maximum absolute atomic E-state index is 12.6. The lowest BCUT2D eigenvalue weighted by Gasteiger charge is -2.15. The molecule has 1 aliphatic rings. The topological polar surface area (TPSA) is 84.3 Å². The summed E-state index contributed by atoms with van der Waals surface area (Å²) in [7, 11) is 0.888. The number of nitrogens with zero attached hydrogens (tertiary/aromatic N) is 3. The van der Waals surface area contributed by atoms with E-state index in [1.165, 1.54) is 0 Å². The van der Waals surface area contributed by atoms with E-state index >= 15 is 0 Å². The molecule has 3 rings (SSSR count). The number of sulfone groups is 1. The van der Waals surface area contributed by atoms with Crippen LogP contribution >= 0.6 is 0 Å². The second-order valence-electron chi connectivity index (χ2n) is 7.51. The third-order valence-electron chi connectivity index (χ3n) is 4.78. The fraction of sp³-hybridized carbons (Fsp3) is 0.474. The summed E-state index contributed by atoms with van der Waals surface area (Å²) >= 11 is 0. The molecule has 1 fully saturated rings. The van der Waals surface area contributed by atoms with Crippen molar-refractivity contribution >= 4 is 27.1 Å². The highest BCUT2D eigenvalue weighted by atomic mass is 32.2. The molecule has 2 aromatic rings. The van der Waals surface area contributed by atoms with Gasteiger partial charge in [0.05, 0.1) is 17.5 Å². The van der Waals surface area contributed by atoms with Crippen molar-refractivity contribution < 1.29 is 13.2 Å². The van der Waals surface area contributed by atoms with Gasteiger partial charge in [-0.25, -0.2) is 8.42 Å². The molecule has 1 aliphatic heterocycles. The van der Waals surface area contributed by atoms with Crippen LogP contribution in [0.15, 0.2) is 30.3 Å². The minimum absolute atomic E-state index is 0.0848. The van der Waals surface area contributed by atoms with Gasteiger partial charge in [-0.3, -0.25) is 9.48 Å². The molecule has 0 spiro atoms. The van der Waals surface area contributed by atoms with Crippen molar-refractivity contribution in [3.05, 3.63) is 41.7 Å². The Bertz CT molecular complexity index is 930. The minimum atomic E-state index is -3.02. The number of hydrogen-bond donors (Lipinski definition) is 1. The van der Waals surface area contributed by atoms with E-state index in [2.05, 4.69) is 10.4 Å². The first-order chi connectivity index (χ1) is 12.7. The zero-order valence-electron chi connectivity index (χ0n) is 16.1. The standard InChI is InChI=1S/C19H26N4O3S/c1-13(2)18-11-17(21-23(18)16-9-10-27(25,26)12-16)19(24)20-14-5-7-15(8-6-14)22(3)4/h5-8,11,13,16H,9-10,12H2,1-4H3,(H,20,24). The van der Waals surface area contributed by atoms with Gasteiger partial charge in [-0.05, 0) is 42.7 Å². The summed E-state index contributed by atoms with van der Waals surface area (Å²) in [5.41, 5.74) is 2.92. The fourth-order valence-corrected chi connectivity index (χ4v) is 4.94. The van der Waals surface area contributed by atoms with Gasteiger partial charge in [0, 0.05) is 31.2 Å². The number of carbonyl (C=O) groups is 1. The Morgan fingerprint density at radius 2 is 1.93 bits per heavy atom. The molecular weight excluding hydrogens is 364 g/mol. The predicted molar refractivity (Wildman–Crippen MR) is 107 cm³/mol. The van der Waals surface area contributed by atoms with Gasteiger partial charge < -0.3 is 10.2 Å². The van der Waals surface area contributed by atoms with Crippen LogP contribution in [0, 0.1) is 0 Å². The summed E-state index contributed by atoms with van der Waals surface area (Å²) in [5.74, 6) is 0.104. The molecule has 2 heterocycles. The van der Waals surface area contributed by atoms with Crippen molar-refractivity contribution in [2.24, 2.45) is 0 Å². The van der Waals surface area contributed by atoms with Crippen LogP contribution in [0.5, 0.6) is 0 Å². The maximum Gasteiger partial charge on any atom is 0.276 e. The highest BCUT2D eigenvalue weighted by Gasteiger charge is 2.32. The average Bonchev–Trinajstić information content (AvgIpc) is 3.18. The number of benzene rings is 1. The van der Waals surface area contributed by atoms with Gasteiger partial charge in [-0.15, -0.1) is 0 Å². The number of hydrogen-bond acceptors (Lipinski definition) is 5. The van der Waals surface area contributed by atoms with Crippen LogP contribution in [0.1, 0.15) is 48.4 Å². The third kappa shape index (κ3) is 4.32. The fourth-order valence-electron chi connectivity index (χ4n) is 3.25. The predicted octanol–water partition coefficient (Wildman–Crippen LogP) is 2.68. The molecule has 0 saturated carbocycles. The van der Waals surface area contributed by atoms with Gasteiger partial charge in [0.2, 0.25) is 0 Å². The molecule has 7 nitrogen and oxygen atoms in total. The van der Waals surface area contributed by atoms with E-state index in [-0.39, 0.29) is 29.4 Å². The first-order valence-corrected chi connectivity index (χ1v) is 10.9. The maximum atomic E-state index is 12.6. The molecule has 146 valence electrons. The largest absolute Gasteiger partial charge is 0.378 e. The van der Waals surface area contributed by atoms with E-state index in [0.29, 0.717) is 17.8 Å². The van der Waals surface area contributed by atoms with Crippen molar-refractivity contribution in [2.75, 3.05) is 35.8 Å². The molecule has 1 unspecified atom stereocenters. The summed E-state index contributed by atoms with van der Waals surface area (Å²) in [4.78, 5) is 14.6. The molecule has 1 aromatic heterocycles. The summed E-state index contributed by atoms with van der Waals surface area (Å²) in [6.07, 6.45) is 0.538. The molecule has 0 aliphatic carbocycles. The zero-order chi connectivity index (χ0) is 19.8. The molecule has 1 N–H and O–H groups in total. The summed E-state index contributed by atoms with van der Waals surface area (Å²) in [6, 6.07) is 9.11. The van der Waals surface area contributed by atoms with E-state index in [1.807, 2.05) is 57.1 Å². The molecular formula is C19H26N4O3S. The lowest BCUT2D eigenvalue weighted by Crippen LogP contribution is -2.17. The van der Waals surface area contributed by atoms with Crippen LogP contribution in [0.4, 0.5) is 11.4 Å². The summed E-state index contributed by atoms with van der Waals surface area (Å²) < 4.78 is 25.4. The molecule has 1 atom stereocenters. The summed E-state index contributed by atoms with van der Waals surface area (Å²) in [5, 5.41) is 7.31. The number of carbonyl (C=O) groups excluding carboxylic acids is 1. The smallest absolute Gasteiger partial charge is 0.276 e. The first-order valence-electron chi connectivity index (χ1n) is 9.05. The van der Waals surface area contributed by atoms with Crippen molar-refractivity contribution in [1.82, 2.24) is 9.78 Å². The van der Waals surface area contributed by atoms with E-state index in [4.69, 9.17) is 0 Å². The van der Waals surface area contributed by atoms with Crippen molar-refractivity contribution in [2.45, 2.75) is 32.2 Å². The quantitative estimate of drug-likeness (QED) is 0.848. The average molecular weight is 391 g/mol. The highest BCUT2D eigenvalue weighted by Crippen LogP contribution is 2.28. The number of aromatic nitrogens is 2. The molecule has 0 bridgehead atoms.